The number of hydrogen-bond donors (Lipinski definition) is 2. The number of hydrogen-bond acceptors (Lipinski definition) is 1. The smallest absolute Gasteiger partial charge is 0.312 e. The lowest BCUT2D eigenvalue weighted by Gasteiger charge is -2.06. The van der Waals surface area contributed by atoms with Gasteiger partial charge in [0.1, 0.15) is 0 Å². The summed E-state index contributed by atoms with van der Waals surface area (Å²) in [6.45, 7) is 5.79. The Labute approximate surface area is 73.3 Å². The number of nitrogens with one attached hydrogen (secondary N) is 1. The van der Waals surface area contributed by atoms with Crippen molar-refractivity contribution >= 4 is 6.03 Å². The van der Waals surface area contributed by atoms with Gasteiger partial charge in [-0.25, -0.2) is 4.79 Å². The second-order valence-electron chi connectivity index (χ2n) is 2.71. The first-order chi connectivity index (χ1) is 5.56. The molecule has 0 fully saturated rings. The molecule has 12 heavy (non-hydrogen) atoms. The summed E-state index contributed by atoms with van der Waals surface area (Å²) in [6, 6.07) is -0.509. The van der Waals surface area contributed by atoms with Crippen molar-refractivity contribution in [2.75, 3.05) is 0 Å². The molecule has 1 atom stereocenters. The van der Waals surface area contributed by atoms with Crippen LogP contribution in [0.1, 0.15) is 20.8 Å². The number of primary amides is 1. The van der Waals surface area contributed by atoms with Gasteiger partial charge in [0.15, 0.2) is 0 Å². The van der Waals surface area contributed by atoms with Crippen molar-refractivity contribution in [2.45, 2.75) is 26.8 Å². The Morgan fingerprint density at radius 1 is 1.58 bits per heavy atom. The van der Waals surface area contributed by atoms with Gasteiger partial charge in [-0.3, -0.25) is 0 Å². The Bertz CT molecular complexity index is 207. The standard InChI is InChI=1S/C9H16N2O/c1-4-5-7(2)6-8(3)11-9(10)12/h4-6,8H,1-3H3,(H3,10,11,12)/b5-4-,7-6-. The molecule has 0 saturated heterocycles. The minimum Gasteiger partial charge on any atom is -0.352 e. The van der Waals surface area contributed by atoms with Crippen LogP contribution >= 0.6 is 0 Å². The van der Waals surface area contributed by atoms with Crippen LogP contribution in [0, 0.1) is 0 Å². The van der Waals surface area contributed by atoms with Gasteiger partial charge in [0, 0.05) is 6.04 Å². The summed E-state index contributed by atoms with van der Waals surface area (Å²) in [4.78, 5) is 10.4. The molecule has 0 aliphatic rings. The van der Waals surface area contributed by atoms with Crippen LogP contribution in [0.5, 0.6) is 0 Å². The quantitative estimate of drug-likeness (QED) is 0.617. The van der Waals surface area contributed by atoms with Crippen molar-refractivity contribution < 1.29 is 4.79 Å². The zero-order chi connectivity index (χ0) is 9.56. The lowest BCUT2D eigenvalue weighted by Crippen LogP contribution is -2.35. The van der Waals surface area contributed by atoms with Gasteiger partial charge in [-0.1, -0.05) is 23.8 Å². The van der Waals surface area contributed by atoms with E-state index >= 15 is 0 Å². The van der Waals surface area contributed by atoms with Crippen molar-refractivity contribution in [1.82, 2.24) is 5.32 Å². The van der Waals surface area contributed by atoms with E-state index < -0.39 is 6.03 Å². The highest BCUT2D eigenvalue weighted by Gasteiger charge is 1.98. The lowest BCUT2D eigenvalue weighted by molar-refractivity contribution is 0.247. The topological polar surface area (TPSA) is 55.1 Å². The lowest BCUT2D eigenvalue weighted by atomic mass is 10.2. The van der Waals surface area contributed by atoms with E-state index in [1.165, 1.54) is 0 Å². The number of nitrogens with two attached hydrogens (primary N) is 1. The predicted octanol–water partition coefficient (Wildman–Crippen LogP) is 1.57. The molecule has 0 aromatic rings. The van der Waals surface area contributed by atoms with Gasteiger partial charge in [-0.15, -0.1) is 0 Å². The molecule has 0 rings (SSSR count). The maximum atomic E-state index is 10.4. The van der Waals surface area contributed by atoms with Crippen molar-refractivity contribution in [3.05, 3.63) is 23.8 Å². The van der Waals surface area contributed by atoms with Gasteiger partial charge in [0.25, 0.3) is 0 Å². The van der Waals surface area contributed by atoms with Crippen LogP contribution in [-0.4, -0.2) is 12.1 Å². The molecule has 3 N–H and O–H groups in total. The SMILES string of the molecule is C/C=C\C(C)=C/C(C)NC(N)=O. The van der Waals surface area contributed by atoms with Gasteiger partial charge >= 0.3 is 6.03 Å². The molecule has 0 radical (unpaired) electrons. The Kier molecular flexibility index (Phi) is 4.84. The van der Waals surface area contributed by atoms with Crippen LogP contribution in [0.4, 0.5) is 4.79 Å². The third-order valence-electron chi connectivity index (χ3n) is 1.31. The summed E-state index contributed by atoms with van der Waals surface area (Å²) in [7, 11) is 0. The van der Waals surface area contributed by atoms with Crippen molar-refractivity contribution in [3.63, 3.8) is 0 Å². The first-order valence-corrected chi connectivity index (χ1v) is 3.93. The maximum absolute atomic E-state index is 10.4. The van der Waals surface area contributed by atoms with E-state index in [0.717, 1.165) is 5.57 Å². The molecular weight excluding hydrogens is 152 g/mol. The van der Waals surface area contributed by atoms with E-state index in [4.69, 9.17) is 5.73 Å². The molecule has 0 saturated carbocycles. The summed E-state index contributed by atoms with van der Waals surface area (Å²) >= 11 is 0. The molecule has 0 heterocycles. The molecular formula is C9H16N2O. The normalized spacial score (nSPS) is 14.8. The maximum Gasteiger partial charge on any atom is 0.312 e. The Morgan fingerprint density at radius 3 is 2.58 bits per heavy atom. The molecule has 3 heteroatoms. The van der Waals surface area contributed by atoms with Gasteiger partial charge in [-0.05, 0) is 20.8 Å². The van der Waals surface area contributed by atoms with Crippen LogP contribution in [0.25, 0.3) is 0 Å². The first-order valence-electron chi connectivity index (χ1n) is 3.93. The third kappa shape index (κ3) is 5.53. The fourth-order valence-electron chi connectivity index (χ4n) is 0.979. The van der Waals surface area contributed by atoms with Crippen LogP contribution < -0.4 is 11.1 Å². The third-order valence-corrected chi connectivity index (χ3v) is 1.31. The summed E-state index contributed by atoms with van der Waals surface area (Å²) < 4.78 is 0. The van der Waals surface area contributed by atoms with Crippen molar-refractivity contribution in [3.8, 4) is 0 Å². The van der Waals surface area contributed by atoms with E-state index in [2.05, 4.69) is 5.32 Å². The summed E-state index contributed by atoms with van der Waals surface area (Å²) in [6.07, 6.45) is 5.85. The molecule has 3 nitrogen and oxygen atoms in total. The van der Waals surface area contributed by atoms with E-state index in [9.17, 15) is 4.79 Å². The molecule has 1 unspecified atom stereocenters. The van der Waals surface area contributed by atoms with Gasteiger partial charge in [0.2, 0.25) is 0 Å². The zero-order valence-electron chi connectivity index (χ0n) is 7.79. The number of rotatable bonds is 3. The molecule has 0 aliphatic carbocycles. The second-order valence-corrected chi connectivity index (χ2v) is 2.71. The zero-order valence-corrected chi connectivity index (χ0v) is 7.79. The summed E-state index contributed by atoms with van der Waals surface area (Å²) in [5.74, 6) is 0. The van der Waals surface area contributed by atoms with Gasteiger partial charge in [0.05, 0.1) is 0 Å². The Morgan fingerprint density at radius 2 is 2.17 bits per heavy atom. The number of carbonyl (C=O) groups excluding carboxylic acids is 1. The minimum atomic E-state index is -0.493. The van der Waals surface area contributed by atoms with E-state index in [1.54, 1.807) is 0 Å². The minimum absolute atomic E-state index is 0.0151. The van der Waals surface area contributed by atoms with Crippen LogP contribution in [0.2, 0.25) is 0 Å². The Hall–Kier alpha value is -1.25. The number of allylic oxidation sites excluding steroid dienone is 3. The van der Waals surface area contributed by atoms with Crippen molar-refractivity contribution in [2.24, 2.45) is 5.73 Å². The van der Waals surface area contributed by atoms with Crippen LogP contribution in [-0.2, 0) is 0 Å². The number of amides is 2. The predicted molar refractivity (Wildman–Crippen MR) is 50.8 cm³/mol. The van der Waals surface area contributed by atoms with E-state index in [0.29, 0.717) is 0 Å². The first kappa shape index (κ1) is 10.8. The molecule has 2 amide bonds. The van der Waals surface area contributed by atoms with Crippen LogP contribution in [0.3, 0.4) is 0 Å². The Balaban J connectivity index is 4.04. The average Bonchev–Trinajstić information content (AvgIpc) is 1.84. The molecule has 0 bridgehead atoms. The fraction of sp³-hybridized carbons (Fsp3) is 0.444. The monoisotopic (exact) mass is 168 g/mol. The highest BCUT2D eigenvalue weighted by atomic mass is 16.2. The van der Waals surface area contributed by atoms with Crippen molar-refractivity contribution in [1.29, 1.82) is 0 Å². The average molecular weight is 168 g/mol. The summed E-state index contributed by atoms with van der Waals surface area (Å²) in [5.41, 5.74) is 6.06. The van der Waals surface area contributed by atoms with Gasteiger partial charge < -0.3 is 11.1 Å². The molecule has 0 aromatic carbocycles. The second kappa shape index (κ2) is 5.41. The largest absolute Gasteiger partial charge is 0.352 e. The highest BCUT2D eigenvalue weighted by Crippen LogP contribution is 1.97. The molecule has 0 aromatic heterocycles. The highest BCUT2D eigenvalue weighted by molar-refractivity contribution is 5.72. The van der Waals surface area contributed by atoms with E-state index in [1.807, 2.05) is 39.0 Å². The van der Waals surface area contributed by atoms with Gasteiger partial charge in [-0.2, -0.15) is 0 Å². The van der Waals surface area contributed by atoms with Crippen LogP contribution in [0.15, 0.2) is 23.8 Å². The molecule has 68 valence electrons. The van der Waals surface area contributed by atoms with E-state index in [-0.39, 0.29) is 6.04 Å². The number of urea groups is 1. The number of carbonyl (C=O) groups is 1. The summed E-state index contributed by atoms with van der Waals surface area (Å²) in [5, 5.41) is 2.56. The molecule has 0 aliphatic heterocycles. The molecule has 0 spiro atoms. The fourth-order valence-corrected chi connectivity index (χ4v) is 0.979.